The molecule has 29 heavy (non-hydrogen) atoms. The molecule has 2 aliphatic carbocycles. The van der Waals surface area contributed by atoms with E-state index in [-0.39, 0.29) is 17.2 Å². The van der Waals surface area contributed by atoms with Crippen molar-refractivity contribution in [1.29, 1.82) is 0 Å². The Hall–Kier alpha value is -2.28. The van der Waals surface area contributed by atoms with Crippen LogP contribution in [-0.4, -0.2) is 32.4 Å². The number of hydrogen-bond acceptors (Lipinski definition) is 5. The lowest BCUT2D eigenvalue weighted by Gasteiger charge is -2.29. The van der Waals surface area contributed by atoms with Crippen molar-refractivity contribution in [2.75, 3.05) is 0 Å². The molecule has 0 aliphatic heterocycles. The Labute approximate surface area is 174 Å². The minimum Gasteiger partial charge on any atom is -0.411 e. The zero-order valence-electron chi connectivity index (χ0n) is 16.7. The Balaban J connectivity index is 1.22. The maximum absolute atomic E-state index is 12.7. The zero-order valence-corrected chi connectivity index (χ0v) is 17.5. The molecule has 2 aliphatic rings. The molecular weight excluding hydrogens is 384 g/mol. The van der Waals surface area contributed by atoms with E-state index in [9.17, 15) is 4.79 Å². The topological polar surface area (TPSA) is 83.8 Å². The average molecular weight is 411 g/mol. The molecule has 6 nitrogen and oxygen atoms in total. The third-order valence-corrected chi connectivity index (χ3v) is 7.61. The Morgan fingerprint density at radius 3 is 2.90 bits per heavy atom. The number of H-pyrrole nitrogens is 1. The van der Waals surface area contributed by atoms with E-state index < -0.39 is 0 Å². The van der Waals surface area contributed by atoms with E-state index in [1.165, 1.54) is 37.4 Å². The highest BCUT2D eigenvalue weighted by atomic mass is 32.2. The molecule has 1 amide bonds. The van der Waals surface area contributed by atoms with Crippen molar-refractivity contribution >= 4 is 28.6 Å². The fourth-order valence-corrected chi connectivity index (χ4v) is 5.87. The first kappa shape index (κ1) is 18.7. The van der Waals surface area contributed by atoms with Crippen LogP contribution in [0.2, 0.25) is 0 Å². The Morgan fingerprint density at radius 1 is 1.24 bits per heavy atom. The zero-order chi connectivity index (χ0) is 20.0. The summed E-state index contributed by atoms with van der Waals surface area (Å²) >= 11 is 1.31. The summed E-state index contributed by atoms with van der Waals surface area (Å²) in [6.07, 6.45) is 7.21. The Bertz CT molecular complexity index is 1030. The summed E-state index contributed by atoms with van der Waals surface area (Å²) in [5, 5.41) is 12.7. The minimum absolute atomic E-state index is 0.0390. The van der Waals surface area contributed by atoms with Gasteiger partial charge in [-0.15, -0.1) is 10.2 Å². The normalized spacial score (nSPS) is 25.4. The number of carbonyl (C=O) groups is 1. The number of aromatic amines is 1. The van der Waals surface area contributed by atoms with E-state index in [0.717, 1.165) is 28.3 Å². The molecule has 2 N–H and O–H groups in total. The van der Waals surface area contributed by atoms with Crippen molar-refractivity contribution in [3.63, 3.8) is 0 Å². The lowest BCUT2D eigenvalue weighted by Crippen LogP contribution is -2.43. The molecule has 2 heterocycles. The van der Waals surface area contributed by atoms with Gasteiger partial charge in [0, 0.05) is 23.1 Å². The lowest BCUT2D eigenvalue weighted by molar-refractivity contribution is -0.121. The van der Waals surface area contributed by atoms with Crippen molar-refractivity contribution in [3.8, 4) is 11.5 Å². The van der Waals surface area contributed by atoms with E-state index in [0.29, 0.717) is 17.0 Å². The number of nitrogens with one attached hydrogen (secondary N) is 2. The molecule has 0 spiro atoms. The summed E-state index contributed by atoms with van der Waals surface area (Å²) in [6, 6.07) is 8.22. The number of benzene rings is 1. The first-order valence-electron chi connectivity index (χ1n) is 10.5. The molecule has 7 heteroatoms. The molecule has 152 valence electrons. The third kappa shape index (κ3) is 3.56. The van der Waals surface area contributed by atoms with Gasteiger partial charge in [0.15, 0.2) is 0 Å². The highest BCUT2D eigenvalue weighted by molar-refractivity contribution is 8.00. The van der Waals surface area contributed by atoms with Crippen LogP contribution in [0.25, 0.3) is 22.4 Å². The van der Waals surface area contributed by atoms with Gasteiger partial charge < -0.3 is 14.7 Å². The van der Waals surface area contributed by atoms with E-state index in [4.69, 9.17) is 4.42 Å². The van der Waals surface area contributed by atoms with E-state index in [1.807, 2.05) is 37.4 Å². The standard InChI is InChI=1S/C22H26N4O2S/c1-12(17-10-14-7-8-15(17)9-14)24-20(27)13(2)29-22-26-25-21(28-22)18-11-23-19-6-4-3-5-16(18)19/h3-6,11-15,17,23H,7-10H2,1-2H3,(H,24,27). The summed E-state index contributed by atoms with van der Waals surface area (Å²) in [4.78, 5) is 15.9. The molecule has 2 bridgehead atoms. The molecule has 2 saturated carbocycles. The van der Waals surface area contributed by atoms with Crippen molar-refractivity contribution in [2.45, 2.75) is 56.0 Å². The third-order valence-electron chi connectivity index (χ3n) is 6.68. The maximum atomic E-state index is 12.7. The van der Waals surface area contributed by atoms with Crippen molar-refractivity contribution in [1.82, 2.24) is 20.5 Å². The number of para-hydroxylation sites is 1. The molecule has 2 aromatic heterocycles. The van der Waals surface area contributed by atoms with Gasteiger partial charge in [0.05, 0.1) is 10.8 Å². The molecule has 5 rings (SSSR count). The van der Waals surface area contributed by atoms with Crippen LogP contribution in [0.15, 0.2) is 40.1 Å². The van der Waals surface area contributed by atoms with Gasteiger partial charge in [-0.3, -0.25) is 4.79 Å². The summed E-state index contributed by atoms with van der Waals surface area (Å²) in [5.74, 6) is 2.82. The van der Waals surface area contributed by atoms with Gasteiger partial charge in [-0.1, -0.05) is 36.4 Å². The van der Waals surface area contributed by atoms with Crippen LogP contribution < -0.4 is 5.32 Å². The highest BCUT2D eigenvalue weighted by Crippen LogP contribution is 2.49. The number of hydrogen-bond donors (Lipinski definition) is 2. The van der Waals surface area contributed by atoms with Crippen LogP contribution in [0.4, 0.5) is 0 Å². The Morgan fingerprint density at radius 2 is 2.10 bits per heavy atom. The predicted octanol–water partition coefficient (Wildman–Crippen LogP) is 4.64. The maximum Gasteiger partial charge on any atom is 0.277 e. The number of amides is 1. The van der Waals surface area contributed by atoms with Crippen LogP contribution in [0.5, 0.6) is 0 Å². The van der Waals surface area contributed by atoms with Crippen LogP contribution in [0.1, 0.15) is 39.5 Å². The van der Waals surface area contributed by atoms with Gasteiger partial charge >= 0.3 is 0 Å². The first-order valence-corrected chi connectivity index (χ1v) is 11.3. The van der Waals surface area contributed by atoms with Crippen molar-refractivity contribution < 1.29 is 9.21 Å². The van der Waals surface area contributed by atoms with E-state index in [1.54, 1.807) is 0 Å². The van der Waals surface area contributed by atoms with E-state index >= 15 is 0 Å². The second kappa shape index (κ2) is 7.52. The van der Waals surface area contributed by atoms with Gasteiger partial charge in [0.1, 0.15) is 0 Å². The minimum atomic E-state index is -0.285. The molecule has 1 aromatic carbocycles. The SMILES string of the molecule is CC(Sc1nnc(-c2c[nH]c3ccccc23)o1)C(=O)NC(C)C1CC2CCC1C2. The number of thioether (sulfide) groups is 1. The van der Waals surface area contributed by atoms with Crippen LogP contribution >= 0.6 is 11.8 Å². The largest absolute Gasteiger partial charge is 0.411 e. The average Bonchev–Trinajstić information content (AvgIpc) is 3.50. The lowest BCUT2D eigenvalue weighted by atomic mass is 9.84. The number of fused-ring (bicyclic) bond motifs is 3. The van der Waals surface area contributed by atoms with E-state index in [2.05, 4.69) is 27.4 Å². The van der Waals surface area contributed by atoms with Crippen LogP contribution in [0.3, 0.4) is 0 Å². The molecular formula is C22H26N4O2S. The highest BCUT2D eigenvalue weighted by Gasteiger charge is 2.42. The summed E-state index contributed by atoms with van der Waals surface area (Å²) < 4.78 is 5.84. The smallest absolute Gasteiger partial charge is 0.277 e. The summed E-state index contributed by atoms with van der Waals surface area (Å²) in [6.45, 7) is 4.05. The second-order valence-corrected chi connectivity index (χ2v) is 9.81. The van der Waals surface area contributed by atoms with Gasteiger partial charge in [-0.05, 0) is 56.9 Å². The second-order valence-electron chi connectivity index (χ2n) is 8.52. The van der Waals surface area contributed by atoms with Gasteiger partial charge in [0.25, 0.3) is 11.1 Å². The van der Waals surface area contributed by atoms with Gasteiger partial charge in [-0.2, -0.15) is 0 Å². The number of rotatable bonds is 6. The fourth-order valence-electron chi connectivity index (χ4n) is 5.17. The fraction of sp³-hybridized carbons (Fsp3) is 0.500. The quantitative estimate of drug-likeness (QED) is 0.579. The molecule has 0 saturated heterocycles. The number of aromatic nitrogens is 3. The molecule has 5 unspecified atom stereocenters. The van der Waals surface area contributed by atoms with Gasteiger partial charge in [-0.25, -0.2) is 0 Å². The van der Waals surface area contributed by atoms with Crippen LogP contribution in [-0.2, 0) is 4.79 Å². The summed E-state index contributed by atoms with van der Waals surface area (Å²) in [7, 11) is 0. The molecule has 5 atom stereocenters. The summed E-state index contributed by atoms with van der Waals surface area (Å²) in [5.41, 5.74) is 1.90. The van der Waals surface area contributed by atoms with Crippen LogP contribution in [0, 0.1) is 17.8 Å². The molecule has 0 radical (unpaired) electrons. The molecule has 3 aromatic rings. The monoisotopic (exact) mass is 410 g/mol. The van der Waals surface area contributed by atoms with Gasteiger partial charge in [0.2, 0.25) is 5.91 Å². The first-order chi connectivity index (χ1) is 14.1. The predicted molar refractivity (Wildman–Crippen MR) is 113 cm³/mol. The Kier molecular flexibility index (Phi) is 4.86. The van der Waals surface area contributed by atoms with Crippen molar-refractivity contribution in [3.05, 3.63) is 30.5 Å². The number of carbonyl (C=O) groups excluding carboxylic acids is 1. The number of nitrogens with zero attached hydrogens (tertiary/aromatic N) is 2. The molecule has 2 fully saturated rings. The van der Waals surface area contributed by atoms with Crippen molar-refractivity contribution in [2.24, 2.45) is 17.8 Å².